The van der Waals surface area contributed by atoms with Crippen LogP contribution in [0.4, 0.5) is 5.69 Å². The maximum absolute atomic E-state index is 2.53. The molecule has 2 aliphatic rings. The highest BCUT2D eigenvalue weighted by molar-refractivity contribution is 5.86. The average Bonchev–Trinajstić information content (AvgIpc) is 2.83. The molecule has 2 aromatic carbocycles. The summed E-state index contributed by atoms with van der Waals surface area (Å²) in [7, 11) is 0. The molecule has 1 aliphatic carbocycles. The lowest BCUT2D eigenvalue weighted by atomic mass is 9.90. The first-order valence-corrected chi connectivity index (χ1v) is 11.7. The van der Waals surface area contributed by atoms with Gasteiger partial charge in [0.25, 0.3) is 0 Å². The zero-order valence-electron chi connectivity index (χ0n) is 18.5. The molecule has 156 valence electrons. The highest BCUT2D eigenvalue weighted by Gasteiger charge is 2.18. The van der Waals surface area contributed by atoms with Crippen molar-refractivity contribution in [2.45, 2.75) is 39.2 Å². The van der Waals surface area contributed by atoms with Crippen molar-refractivity contribution >= 4 is 11.3 Å². The van der Waals surface area contributed by atoms with Gasteiger partial charge in [-0.05, 0) is 79.7 Å². The van der Waals surface area contributed by atoms with Crippen molar-refractivity contribution < 1.29 is 4.90 Å². The molecule has 1 saturated heterocycles. The third-order valence-electron chi connectivity index (χ3n) is 6.57. The molecule has 0 aromatic heterocycles. The lowest BCUT2D eigenvalue weighted by Crippen LogP contribution is -3.14. The fourth-order valence-corrected chi connectivity index (χ4v) is 4.79. The summed E-state index contributed by atoms with van der Waals surface area (Å²) in [6.45, 7) is 9.21. The molecule has 0 bridgehead atoms. The predicted octanol–water partition coefficient (Wildman–Crippen LogP) is 4.90. The number of benzene rings is 2. The first-order valence-electron chi connectivity index (χ1n) is 11.7. The van der Waals surface area contributed by atoms with Gasteiger partial charge in [0.05, 0.1) is 13.1 Å². The maximum atomic E-state index is 2.53. The predicted molar refractivity (Wildman–Crippen MR) is 129 cm³/mol. The van der Waals surface area contributed by atoms with Crippen LogP contribution in [0.25, 0.3) is 5.57 Å². The lowest BCUT2D eigenvalue weighted by molar-refractivity contribution is -0.908. The summed E-state index contributed by atoms with van der Waals surface area (Å²) in [6, 6.07) is 20.5. The Hall–Kier alpha value is -2.58. The molecule has 1 fully saturated rings. The summed E-state index contributed by atoms with van der Waals surface area (Å²) < 4.78 is 0. The standard InChI is InChI=1S/C28H34N2/c1-3-29(4-2)26-17-13-24(14-18-26)28(23-11-7-5-8-12-23)25-15-19-27(20-16-25)30-21-9-6-10-22-30/h5,7-8,11-20,26H,3-4,6,9-10,21-22H2,1-2H3/p+1. The third kappa shape index (κ3) is 4.60. The minimum absolute atomic E-state index is 0.474. The molecule has 2 heteroatoms. The van der Waals surface area contributed by atoms with Crippen LogP contribution in [0.15, 0.2) is 84.5 Å². The number of allylic oxidation sites excluding steroid dienone is 3. The molecule has 0 saturated carbocycles. The number of rotatable bonds is 6. The fraction of sp³-hybridized carbons (Fsp3) is 0.357. The third-order valence-corrected chi connectivity index (χ3v) is 6.57. The molecule has 0 radical (unpaired) electrons. The van der Waals surface area contributed by atoms with Crippen molar-refractivity contribution in [3.8, 4) is 0 Å². The highest BCUT2D eigenvalue weighted by atomic mass is 15.1. The Morgan fingerprint density at radius 3 is 2.00 bits per heavy atom. The van der Waals surface area contributed by atoms with E-state index in [2.05, 4.69) is 97.6 Å². The molecular weight excluding hydrogens is 364 g/mol. The van der Waals surface area contributed by atoms with Gasteiger partial charge in [-0.15, -0.1) is 0 Å². The Balaban J connectivity index is 1.67. The van der Waals surface area contributed by atoms with Crippen molar-refractivity contribution in [2.75, 3.05) is 31.1 Å². The van der Waals surface area contributed by atoms with E-state index < -0.39 is 0 Å². The number of nitrogens with zero attached hydrogens (tertiary/aromatic N) is 1. The van der Waals surface area contributed by atoms with Crippen molar-refractivity contribution in [1.29, 1.82) is 0 Å². The number of nitrogens with one attached hydrogen (secondary N) is 1. The minimum Gasteiger partial charge on any atom is -0.372 e. The normalized spacial score (nSPS) is 18.8. The lowest BCUT2D eigenvalue weighted by Gasteiger charge is -2.29. The van der Waals surface area contributed by atoms with Gasteiger partial charge in [-0.25, -0.2) is 0 Å². The van der Waals surface area contributed by atoms with Crippen LogP contribution in [0.1, 0.15) is 44.2 Å². The smallest absolute Gasteiger partial charge is 0.125 e. The fourth-order valence-electron chi connectivity index (χ4n) is 4.79. The highest BCUT2D eigenvalue weighted by Crippen LogP contribution is 2.31. The van der Waals surface area contributed by atoms with E-state index >= 15 is 0 Å². The molecule has 0 unspecified atom stereocenters. The van der Waals surface area contributed by atoms with Crippen molar-refractivity contribution in [3.05, 3.63) is 95.6 Å². The van der Waals surface area contributed by atoms with Gasteiger partial charge < -0.3 is 9.80 Å². The Kier molecular flexibility index (Phi) is 6.86. The van der Waals surface area contributed by atoms with Gasteiger partial charge in [0, 0.05) is 18.8 Å². The summed E-state index contributed by atoms with van der Waals surface area (Å²) in [4.78, 5) is 4.13. The number of anilines is 1. The van der Waals surface area contributed by atoms with Crippen LogP contribution in [0.3, 0.4) is 0 Å². The van der Waals surface area contributed by atoms with E-state index in [4.69, 9.17) is 0 Å². The van der Waals surface area contributed by atoms with E-state index in [0.29, 0.717) is 6.04 Å². The van der Waals surface area contributed by atoms with E-state index in [1.807, 2.05) is 0 Å². The largest absolute Gasteiger partial charge is 0.372 e. The first kappa shape index (κ1) is 20.7. The average molecular weight is 400 g/mol. The number of piperidine rings is 1. The molecule has 30 heavy (non-hydrogen) atoms. The minimum atomic E-state index is 0.474. The van der Waals surface area contributed by atoms with Gasteiger partial charge in [0.2, 0.25) is 0 Å². The summed E-state index contributed by atoms with van der Waals surface area (Å²) in [5.74, 6) is 0. The van der Waals surface area contributed by atoms with E-state index in [1.165, 1.54) is 60.3 Å². The maximum Gasteiger partial charge on any atom is 0.125 e. The van der Waals surface area contributed by atoms with Crippen LogP contribution in [-0.2, 0) is 0 Å². The summed E-state index contributed by atoms with van der Waals surface area (Å²) in [5, 5.41) is 0. The summed E-state index contributed by atoms with van der Waals surface area (Å²) >= 11 is 0. The summed E-state index contributed by atoms with van der Waals surface area (Å²) in [5.41, 5.74) is 6.55. The van der Waals surface area contributed by atoms with E-state index in [0.717, 1.165) is 13.1 Å². The van der Waals surface area contributed by atoms with Gasteiger partial charge in [-0.1, -0.05) is 54.6 Å². The van der Waals surface area contributed by atoms with Crippen molar-refractivity contribution in [1.82, 2.24) is 0 Å². The van der Waals surface area contributed by atoms with Gasteiger partial charge >= 0.3 is 0 Å². The number of hydrogen-bond acceptors (Lipinski definition) is 1. The first-order chi connectivity index (χ1) is 14.8. The molecule has 0 amide bonds. The van der Waals surface area contributed by atoms with Crippen LogP contribution >= 0.6 is 0 Å². The van der Waals surface area contributed by atoms with E-state index in [9.17, 15) is 0 Å². The van der Waals surface area contributed by atoms with E-state index in [-0.39, 0.29) is 0 Å². The second-order valence-corrected chi connectivity index (χ2v) is 8.40. The van der Waals surface area contributed by atoms with Gasteiger partial charge in [0.15, 0.2) is 0 Å². The molecular formula is C28H35N2+. The molecule has 0 spiro atoms. The molecule has 4 rings (SSSR count). The van der Waals surface area contributed by atoms with Crippen molar-refractivity contribution in [2.24, 2.45) is 0 Å². The monoisotopic (exact) mass is 399 g/mol. The SMILES string of the molecule is CC[NH+](CC)C1C=CC(=C(c2ccccc2)c2ccc(N3CCCCC3)cc2)C=C1. The van der Waals surface area contributed by atoms with Crippen LogP contribution < -0.4 is 9.80 Å². The zero-order valence-corrected chi connectivity index (χ0v) is 18.5. The molecule has 2 aromatic rings. The second-order valence-electron chi connectivity index (χ2n) is 8.40. The summed E-state index contributed by atoms with van der Waals surface area (Å²) in [6.07, 6.45) is 13.4. The molecule has 1 N–H and O–H groups in total. The second kappa shape index (κ2) is 9.95. The molecule has 1 aliphatic heterocycles. The zero-order chi connectivity index (χ0) is 20.8. The van der Waals surface area contributed by atoms with Gasteiger partial charge in [-0.3, -0.25) is 0 Å². The molecule has 0 atom stereocenters. The van der Waals surface area contributed by atoms with Gasteiger partial charge in [0.1, 0.15) is 6.04 Å². The van der Waals surface area contributed by atoms with Crippen LogP contribution in [-0.4, -0.2) is 32.2 Å². The number of hydrogen-bond donors (Lipinski definition) is 1. The Morgan fingerprint density at radius 1 is 0.800 bits per heavy atom. The van der Waals surface area contributed by atoms with Crippen LogP contribution in [0.2, 0.25) is 0 Å². The van der Waals surface area contributed by atoms with Gasteiger partial charge in [-0.2, -0.15) is 0 Å². The van der Waals surface area contributed by atoms with E-state index in [1.54, 1.807) is 4.90 Å². The van der Waals surface area contributed by atoms with Crippen molar-refractivity contribution in [3.63, 3.8) is 0 Å². The Labute approximate surface area is 182 Å². The molecule has 2 nitrogen and oxygen atoms in total. The quantitative estimate of drug-likeness (QED) is 0.726. The van der Waals surface area contributed by atoms with Crippen LogP contribution in [0.5, 0.6) is 0 Å². The Bertz CT molecular complexity index is 879. The molecule has 1 heterocycles. The number of likely N-dealkylation sites (N-methyl/N-ethyl adjacent to an activating group) is 1. The van der Waals surface area contributed by atoms with Crippen LogP contribution in [0, 0.1) is 0 Å². The Morgan fingerprint density at radius 2 is 1.40 bits per heavy atom. The topological polar surface area (TPSA) is 7.68 Å². The number of quaternary nitrogens is 1.